The lowest BCUT2D eigenvalue weighted by molar-refractivity contribution is -0.139. The van der Waals surface area contributed by atoms with E-state index in [4.69, 9.17) is 4.74 Å². The van der Waals surface area contributed by atoms with E-state index in [1.807, 2.05) is 43.4 Å². The molecule has 5 heteroatoms. The number of carbonyl (C=O) groups is 1. The highest BCUT2D eigenvalue weighted by molar-refractivity contribution is 5.83. The van der Waals surface area contributed by atoms with Crippen LogP contribution in [0, 0.1) is 12.8 Å². The van der Waals surface area contributed by atoms with Crippen LogP contribution in [0.25, 0.3) is 0 Å². The largest absolute Gasteiger partial charge is 0.480 e. The van der Waals surface area contributed by atoms with Gasteiger partial charge in [0.05, 0.1) is 0 Å². The van der Waals surface area contributed by atoms with Gasteiger partial charge in [-0.15, -0.1) is 0 Å². The van der Waals surface area contributed by atoms with Crippen molar-refractivity contribution in [1.82, 2.24) is 14.5 Å². The van der Waals surface area contributed by atoms with E-state index in [1.165, 1.54) is 0 Å². The average Bonchev–Trinajstić information content (AvgIpc) is 3.23. The number of benzene rings is 1. The molecule has 0 spiro atoms. The van der Waals surface area contributed by atoms with Gasteiger partial charge in [0, 0.05) is 45.4 Å². The van der Waals surface area contributed by atoms with Crippen LogP contribution in [-0.4, -0.2) is 39.6 Å². The number of carbonyl (C=O) groups excluding carboxylic acids is 1. The third kappa shape index (κ3) is 3.15. The number of aromatic nitrogens is 2. The Morgan fingerprint density at radius 2 is 2.12 bits per heavy atom. The Bertz CT molecular complexity index is 775. The lowest BCUT2D eigenvalue weighted by Gasteiger charge is -2.33. The molecule has 4 rings (SSSR count). The van der Waals surface area contributed by atoms with Crippen LogP contribution in [-0.2, 0) is 24.7 Å². The van der Waals surface area contributed by atoms with Crippen molar-refractivity contribution < 1.29 is 9.53 Å². The molecule has 1 fully saturated rings. The van der Waals surface area contributed by atoms with Gasteiger partial charge in [0.15, 0.2) is 6.10 Å². The molecule has 0 N–H and O–H groups in total. The van der Waals surface area contributed by atoms with Gasteiger partial charge < -0.3 is 14.2 Å². The van der Waals surface area contributed by atoms with Gasteiger partial charge in [-0.3, -0.25) is 4.79 Å². The monoisotopic (exact) mass is 339 g/mol. The van der Waals surface area contributed by atoms with Crippen molar-refractivity contribution in [2.45, 2.75) is 38.7 Å². The van der Waals surface area contributed by atoms with Crippen LogP contribution in [0.4, 0.5) is 0 Å². The van der Waals surface area contributed by atoms with Gasteiger partial charge in [-0.1, -0.05) is 18.2 Å². The predicted molar refractivity (Wildman–Crippen MR) is 95.5 cm³/mol. The highest BCUT2D eigenvalue weighted by Gasteiger charge is 2.34. The van der Waals surface area contributed by atoms with E-state index in [2.05, 4.69) is 15.6 Å². The topological polar surface area (TPSA) is 47.4 Å². The zero-order valence-electron chi connectivity index (χ0n) is 14.9. The first-order chi connectivity index (χ1) is 12.1. The molecule has 0 radical (unpaired) electrons. The Morgan fingerprint density at radius 1 is 1.32 bits per heavy atom. The molecule has 0 saturated carbocycles. The number of amides is 1. The van der Waals surface area contributed by atoms with E-state index in [0.717, 1.165) is 55.1 Å². The molecule has 1 saturated heterocycles. The average molecular weight is 339 g/mol. The SMILES string of the molecule is Cc1cccc2c1OC(C(=O)N1CCC(Cc3nccn3C)CC1)C2. The zero-order chi connectivity index (χ0) is 17.4. The number of para-hydroxylation sites is 1. The van der Waals surface area contributed by atoms with Crippen molar-refractivity contribution in [3.8, 4) is 5.75 Å². The maximum Gasteiger partial charge on any atom is 0.263 e. The molecule has 0 aliphatic carbocycles. The summed E-state index contributed by atoms with van der Waals surface area (Å²) in [6.45, 7) is 3.68. The lowest BCUT2D eigenvalue weighted by Crippen LogP contribution is -2.45. The number of likely N-dealkylation sites (tertiary alicyclic amines) is 1. The molecule has 1 aromatic heterocycles. The van der Waals surface area contributed by atoms with Crippen LogP contribution in [0.5, 0.6) is 5.75 Å². The molecule has 2 aliphatic heterocycles. The van der Waals surface area contributed by atoms with Crippen molar-refractivity contribution in [3.05, 3.63) is 47.5 Å². The van der Waals surface area contributed by atoms with Crippen LogP contribution in [0.2, 0.25) is 0 Å². The number of fused-ring (bicyclic) bond motifs is 1. The molecular formula is C20H25N3O2. The van der Waals surface area contributed by atoms with Gasteiger partial charge in [0.1, 0.15) is 11.6 Å². The van der Waals surface area contributed by atoms with Crippen LogP contribution in [0.1, 0.15) is 29.8 Å². The van der Waals surface area contributed by atoms with E-state index in [0.29, 0.717) is 12.3 Å². The van der Waals surface area contributed by atoms with E-state index < -0.39 is 0 Å². The number of imidazole rings is 1. The zero-order valence-corrected chi connectivity index (χ0v) is 14.9. The Hall–Kier alpha value is -2.30. The number of ether oxygens (including phenoxy) is 1. The minimum atomic E-state index is -0.345. The third-order valence-corrected chi connectivity index (χ3v) is 5.55. The molecule has 2 aliphatic rings. The molecule has 0 bridgehead atoms. The van der Waals surface area contributed by atoms with Crippen molar-refractivity contribution >= 4 is 5.91 Å². The molecule has 2 aromatic rings. The summed E-state index contributed by atoms with van der Waals surface area (Å²) in [7, 11) is 2.04. The Kier molecular flexibility index (Phi) is 4.24. The van der Waals surface area contributed by atoms with Gasteiger partial charge in [0.25, 0.3) is 5.91 Å². The second-order valence-corrected chi connectivity index (χ2v) is 7.30. The van der Waals surface area contributed by atoms with Gasteiger partial charge in [-0.05, 0) is 36.8 Å². The molecule has 1 aromatic carbocycles. The van der Waals surface area contributed by atoms with Gasteiger partial charge >= 0.3 is 0 Å². The fourth-order valence-corrected chi connectivity index (χ4v) is 3.98. The maximum absolute atomic E-state index is 12.8. The first-order valence-electron chi connectivity index (χ1n) is 9.12. The van der Waals surface area contributed by atoms with Crippen molar-refractivity contribution in [2.24, 2.45) is 13.0 Å². The summed E-state index contributed by atoms with van der Waals surface area (Å²) in [5.41, 5.74) is 2.27. The second-order valence-electron chi connectivity index (χ2n) is 7.30. The Labute approximate surface area is 148 Å². The number of hydrogen-bond donors (Lipinski definition) is 0. The number of rotatable bonds is 3. The number of aryl methyl sites for hydroxylation is 2. The molecule has 1 atom stereocenters. The number of nitrogens with zero attached hydrogens (tertiary/aromatic N) is 3. The minimum Gasteiger partial charge on any atom is -0.480 e. The van der Waals surface area contributed by atoms with E-state index in [9.17, 15) is 4.79 Å². The van der Waals surface area contributed by atoms with Crippen LogP contribution >= 0.6 is 0 Å². The van der Waals surface area contributed by atoms with Crippen LogP contribution in [0.15, 0.2) is 30.6 Å². The third-order valence-electron chi connectivity index (χ3n) is 5.55. The fraction of sp³-hybridized carbons (Fsp3) is 0.500. The lowest BCUT2D eigenvalue weighted by atomic mass is 9.93. The molecule has 1 unspecified atom stereocenters. The standard InChI is InChI=1S/C20H25N3O2/c1-14-4-3-5-16-13-17(25-19(14)16)20(24)23-9-6-15(7-10-23)12-18-21-8-11-22(18)2/h3-5,8,11,15,17H,6-7,9-10,12-13H2,1-2H3. The summed E-state index contributed by atoms with van der Waals surface area (Å²) in [5.74, 6) is 2.79. The Morgan fingerprint density at radius 3 is 2.80 bits per heavy atom. The van der Waals surface area contributed by atoms with Crippen molar-refractivity contribution in [1.29, 1.82) is 0 Å². The minimum absolute atomic E-state index is 0.144. The van der Waals surface area contributed by atoms with Crippen molar-refractivity contribution in [3.63, 3.8) is 0 Å². The summed E-state index contributed by atoms with van der Waals surface area (Å²) in [6.07, 6.45) is 7.27. The summed E-state index contributed by atoms with van der Waals surface area (Å²) >= 11 is 0. The van der Waals surface area contributed by atoms with E-state index in [-0.39, 0.29) is 12.0 Å². The summed E-state index contributed by atoms with van der Waals surface area (Å²) in [5, 5.41) is 0. The molecule has 132 valence electrons. The van der Waals surface area contributed by atoms with Crippen molar-refractivity contribution in [2.75, 3.05) is 13.1 Å². The summed E-state index contributed by atoms with van der Waals surface area (Å²) < 4.78 is 8.06. The van der Waals surface area contributed by atoms with Gasteiger partial charge in [-0.2, -0.15) is 0 Å². The smallest absolute Gasteiger partial charge is 0.263 e. The first-order valence-corrected chi connectivity index (χ1v) is 9.12. The molecule has 5 nitrogen and oxygen atoms in total. The fourth-order valence-electron chi connectivity index (χ4n) is 3.98. The highest BCUT2D eigenvalue weighted by atomic mass is 16.5. The highest BCUT2D eigenvalue weighted by Crippen LogP contribution is 2.33. The Balaban J connectivity index is 1.33. The number of hydrogen-bond acceptors (Lipinski definition) is 3. The molecule has 1 amide bonds. The molecule has 25 heavy (non-hydrogen) atoms. The van der Waals surface area contributed by atoms with E-state index in [1.54, 1.807) is 0 Å². The second kappa shape index (κ2) is 6.54. The summed E-state index contributed by atoms with van der Waals surface area (Å²) in [6, 6.07) is 6.14. The van der Waals surface area contributed by atoms with Gasteiger partial charge in [0.2, 0.25) is 0 Å². The first kappa shape index (κ1) is 16.2. The van der Waals surface area contributed by atoms with Crippen LogP contribution in [0.3, 0.4) is 0 Å². The van der Waals surface area contributed by atoms with Gasteiger partial charge in [-0.25, -0.2) is 4.98 Å². The molecule has 3 heterocycles. The normalized spacial score (nSPS) is 20.4. The molecular weight excluding hydrogens is 314 g/mol. The predicted octanol–water partition coefficient (Wildman–Crippen LogP) is 2.51. The number of piperidine rings is 1. The summed E-state index contributed by atoms with van der Waals surface area (Å²) in [4.78, 5) is 19.2. The maximum atomic E-state index is 12.8. The van der Waals surface area contributed by atoms with E-state index >= 15 is 0 Å². The quantitative estimate of drug-likeness (QED) is 0.863. The van der Waals surface area contributed by atoms with Crippen LogP contribution < -0.4 is 4.74 Å².